The van der Waals surface area contributed by atoms with E-state index < -0.39 is 0 Å². The standard InChI is InChI=1S/C28H31N3O3/c1-5-20-10-9-11-21(6-2)27(20)25-14-22(16-32-19(3)4)23(15-29-25)17-33-26-13-8-7-12-24(26)28-31-30-18-34-28/h7-15,18-19H,5-6,16-17H2,1-4H3. The largest absolute Gasteiger partial charge is 0.488 e. The normalized spacial score (nSPS) is 11.2. The quantitative estimate of drug-likeness (QED) is 0.273. The Kier molecular flexibility index (Phi) is 7.70. The fourth-order valence-electron chi connectivity index (χ4n) is 3.97. The fourth-order valence-corrected chi connectivity index (χ4v) is 3.97. The molecule has 4 aromatic rings. The summed E-state index contributed by atoms with van der Waals surface area (Å²) >= 11 is 0. The van der Waals surface area contributed by atoms with Crippen LogP contribution in [0.1, 0.15) is 49.9 Å². The van der Waals surface area contributed by atoms with Crippen LogP contribution in [-0.4, -0.2) is 21.3 Å². The molecule has 34 heavy (non-hydrogen) atoms. The lowest BCUT2D eigenvalue weighted by Gasteiger charge is -2.17. The molecule has 0 radical (unpaired) electrons. The maximum atomic E-state index is 6.21. The monoisotopic (exact) mass is 457 g/mol. The number of hydrogen-bond acceptors (Lipinski definition) is 6. The lowest BCUT2D eigenvalue weighted by molar-refractivity contribution is 0.0647. The molecule has 0 amide bonds. The van der Waals surface area contributed by atoms with Crippen molar-refractivity contribution in [1.29, 1.82) is 0 Å². The van der Waals surface area contributed by atoms with Crippen LogP contribution in [0.25, 0.3) is 22.7 Å². The van der Waals surface area contributed by atoms with Crippen molar-refractivity contribution in [2.75, 3.05) is 0 Å². The highest BCUT2D eigenvalue weighted by Gasteiger charge is 2.15. The number of para-hydroxylation sites is 1. The van der Waals surface area contributed by atoms with Crippen molar-refractivity contribution in [3.8, 4) is 28.5 Å². The molecule has 0 aliphatic carbocycles. The first-order valence-corrected chi connectivity index (χ1v) is 11.8. The Balaban J connectivity index is 1.67. The minimum atomic E-state index is 0.123. The Labute approximate surface area is 201 Å². The van der Waals surface area contributed by atoms with E-state index in [0.29, 0.717) is 24.9 Å². The van der Waals surface area contributed by atoms with Crippen molar-refractivity contribution in [3.05, 3.63) is 83.4 Å². The highest BCUT2D eigenvalue weighted by atomic mass is 16.5. The molecule has 0 atom stereocenters. The Bertz CT molecular complexity index is 1200. The molecular formula is C28H31N3O3. The van der Waals surface area contributed by atoms with E-state index in [0.717, 1.165) is 35.2 Å². The molecule has 0 fully saturated rings. The number of nitrogens with zero attached hydrogens (tertiary/aromatic N) is 3. The number of benzene rings is 2. The van der Waals surface area contributed by atoms with Crippen LogP contribution in [-0.2, 0) is 30.8 Å². The van der Waals surface area contributed by atoms with Crippen LogP contribution >= 0.6 is 0 Å². The molecular weight excluding hydrogens is 426 g/mol. The van der Waals surface area contributed by atoms with E-state index in [1.807, 2.05) is 44.3 Å². The van der Waals surface area contributed by atoms with Crippen LogP contribution < -0.4 is 4.74 Å². The van der Waals surface area contributed by atoms with Gasteiger partial charge in [-0.25, -0.2) is 0 Å². The van der Waals surface area contributed by atoms with Crippen LogP contribution in [0.15, 0.2) is 65.5 Å². The smallest absolute Gasteiger partial charge is 0.251 e. The van der Waals surface area contributed by atoms with Gasteiger partial charge in [0.05, 0.1) is 24.0 Å². The topological polar surface area (TPSA) is 70.3 Å². The number of hydrogen-bond donors (Lipinski definition) is 0. The molecule has 6 nitrogen and oxygen atoms in total. The zero-order chi connectivity index (χ0) is 23.9. The zero-order valence-electron chi connectivity index (χ0n) is 20.2. The summed E-state index contributed by atoms with van der Waals surface area (Å²) in [4.78, 5) is 4.86. The molecule has 0 saturated carbocycles. The van der Waals surface area contributed by atoms with Crippen molar-refractivity contribution in [3.63, 3.8) is 0 Å². The van der Waals surface area contributed by atoms with E-state index >= 15 is 0 Å². The van der Waals surface area contributed by atoms with Gasteiger partial charge in [0.2, 0.25) is 6.39 Å². The first kappa shape index (κ1) is 23.6. The van der Waals surface area contributed by atoms with E-state index in [-0.39, 0.29) is 6.10 Å². The molecule has 4 rings (SSSR count). The first-order valence-electron chi connectivity index (χ1n) is 11.8. The van der Waals surface area contributed by atoms with Gasteiger partial charge in [0, 0.05) is 17.3 Å². The molecule has 6 heteroatoms. The predicted octanol–water partition coefficient (Wildman–Crippen LogP) is 6.43. The summed E-state index contributed by atoms with van der Waals surface area (Å²) in [5.41, 5.74) is 7.63. The minimum Gasteiger partial charge on any atom is -0.488 e. The van der Waals surface area contributed by atoms with Crippen LogP contribution in [0, 0.1) is 0 Å². The van der Waals surface area contributed by atoms with E-state index in [1.165, 1.54) is 23.1 Å². The number of rotatable bonds is 10. The second-order valence-electron chi connectivity index (χ2n) is 8.39. The van der Waals surface area contributed by atoms with Gasteiger partial charge in [-0.1, -0.05) is 44.2 Å². The number of ether oxygens (including phenoxy) is 2. The molecule has 0 saturated heterocycles. The van der Waals surface area contributed by atoms with Crippen molar-refractivity contribution < 1.29 is 13.9 Å². The van der Waals surface area contributed by atoms with Gasteiger partial charge in [0.1, 0.15) is 12.4 Å². The van der Waals surface area contributed by atoms with Gasteiger partial charge in [-0.05, 0) is 61.6 Å². The molecule has 2 aromatic heterocycles. The summed E-state index contributed by atoms with van der Waals surface area (Å²) in [7, 11) is 0. The summed E-state index contributed by atoms with van der Waals surface area (Å²) in [6, 6.07) is 16.3. The van der Waals surface area contributed by atoms with Gasteiger partial charge in [0.25, 0.3) is 5.89 Å². The van der Waals surface area contributed by atoms with E-state index in [9.17, 15) is 0 Å². The first-order chi connectivity index (χ1) is 16.6. The highest BCUT2D eigenvalue weighted by molar-refractivity contribution is 5.69. The van der Waals surface area contributed by atoms with Crippen molar-refractivity contribution in [2.45, 2.75) is 59.9 Å². The molecule has 0 N–H and O–H groups in total. The van der Waals surface area contributed by atoms with E-state index in [4.69, 9.17) is 18.9 Å². The Morgan fingerprint density at radius 1 is 0.882 bits per heavy atom. The molecule has 2 heterocycles. The Morgan fingerprint density at radius 2 is 1.65 bits per heavy atom. The third-order valence-corrected chi connectivity index (χ3v) is 5.77. The average Bonchev–Trinajstić information content (AvgIpc) is 3.41. The van der Waals surface area contributed by atoms with Gasteiger partial charge in [0.15, 0.2) is 0 Å². The van der Waals surface area contributed by atoms with E-state index in [1.54, 1.807) is 0 Å². The van der Waals surface area contributed by atoms with Gasteiger partial charge < -0.3 is 13.9 Å². The molecule has 0 aliphatic rings. The summed E-state index contributed by atoms with van der Waals surface area (Å²) in [6.45, 7) is 9.30. The van der Waals surface area contributed by atoms with Gasteiger partial charge >= 0.3 is 0 Å². The molecule has 0 bridgehead atoms. The SMILES string of the molecule is CCc1cccc(CC)c1-c1cc(COC(C)C)c(COc2ccccc2-c2nnco2)cn1. The average molecular weight is 458 g/mol. The van der Waals surface area contributed by atoms with Crippen LogP contribution in [0.2, 0.25) is 0 Å². The number of pyridine rings is 1. The Hall–Kier alpha value is -3.51. The summed E-state index contributed by atoms with van der Waals surface area (Å²) in [5, 5.41) is 7.80. The molecule has 176 valence electrons. The molecule has 0 unspecified atom stereocenters. The van der Waals surface area contributed by atoms with Gasteiger partial charge in [-0.3, -0.25) is 4.98 Å². The molecule has 2 aromatic carbocycles. The predicted molar refractivity (Wildman–Crippen MR) is 132 cm³/mol. The van der Waals surface area contributed by atoms with Crippen molar-refractivity contribution in [2.24, 2.45) is 0 Å². The molecule has 0 spiro atoms. The van der Waals surface area contributed by atoms with E-state index in [2.05, 4.69) is 48.3 Å². The lowest BCUT2D eigenvalue weighted by atomic mass is 9.93. The third-order valence-electron chi connectivity index (χ3n) is 5.77. The maximum Gasteiger partial charge on any atom is 0.251 e. The van der Waals surface area contributed by atoms with Crippen LogP contribution in [0.3, 0.4) is 0 Å². The fraction of sp³-hybridized carbons (Fsp3) is 0.321. The highest BCUT2D eigenvalue weighted by Crippen LogP contribution is 2.31. The lowest BCUT2D eigenvalue weighted by Crippen LogP contribution is -2.08. The Morgan fingerprint density at radius 3 is 2.32 bits per heavy atom. The van der Waals surface area contributed by atoms with Crippen molar-refractivity contribution in [1.82, 2.24) is 15.2 Å². The molecule has 0 aliphatic heterocycles. The van der Waals surface area contributed by atoms with Gasteiger partial charge in [-0.2, -0.15) is 0 Å². The van der Waals surface area contributed by atoms with Crippen molar-refractivity contribution >= 4 is 0 Å². The zero-order valence-corrected chi connectivity index (χ0v) is 20.2. The second-order valence-corrected chi connectivity index (χ2v) is 8.39. The third kappa shape index (κ3) is 5.34. The summed E-state index contributed by atoms with van der Waals surface area (Å²) < 4.78 is 17.6. The van der Waals surface area contributed by atoms with Crippen LogP contribution in [0.4, 0.5) is 0 Å². The second kappa shape index (κ2) is 11.1. The number of aromatic nitrogens is 3. The maximum absolute atomic E-state index is 6.21. The minimum absolute atomic E-state index is 0.123. The summed E-state index contributed by atoms with van der Waals surface area (Å²) in [5.74, 6) is 1.10. The van der Waals surface area contributed by atoms with Gasteiger partial charge in [-0.15, -0.1) is 10.2 Å². The number of aryl methyl sites for hydroxylation is 2. The summed E-state index contributed by atoms with van der Waals surface area (Å²) in [6.07, 6.45) is 5.27. The van der Waals surface area contributed by atoms with Crippen LogP contribution in [0.5, 0.6) is 5.75 Å².